The highest BCUT2D eigenvalue weighted by atomic mass is 19.1. The van der Waals surface area contributed by atoms with E-state index in [1.807, 2.05) is 12.1 Å². The maximum atomic E-state index is 14.7. The monoisotopic (exact) mass is 416 g/mol. The van der Waals surface area contributed by atoms with Crippen molar-refractivity contribution in [1.29, 1.82) is 10.5 Å². The molecule has 5 rings (SSSR count). The zero-order chi connectivity index (χ0) is 22.6. The Morgan fingerprint density at radius 2 is 1.12 bits per heavy atom. The highest BCUT2D eigenvalue weighted by Gasteiger charge is 2.33. The van der Waals surface area contributed by atoms with E-state index in [1.165, 1.54) is 12.1 Å². The summed E-state index contributed by atoms with van der Waals surface area (Å²) in [6.07, 6.45) is 0.212. The van der Waals surface area contributed by atoms with Crippen LogP contribution in [0.1, 0.15) is 22.3 Å². The van der Waals surface area contributed by atoms with Crippen molar-refractivity contribution in [2.75, 3.05) is 0 Å². The third-order valence-corrected chi connectivity index (χ3v) is 6.10. The average molecular weight is 416 g/mol. The molecule has 0 radical (unpaired) electrons. The number of benzene rings is 3. The second-order valence-electron chi connectivity index (χ2n) is 7.49. The summed E-state index contributed by atoms with van der Waals surface area (Å²) in [6, 6.07) is 13.0. The summed E-state index contributed by atoms with van der Waals surface area (Å²) in [6.45, 7) is 15.1. The Morgan fingerprint density at radius 3 is 1.47 bits per heavy atom. The summed E-state index contributed by atoms with van der Waals surface area (Å²) in [5, 5.41) is 20.1. The van der Waals surface area contributed by atoms with Crippen molar-refractivity contribution in [2.24, 2.45) is 0 Å². The molecule has 0 saturated carbocycles. The van der Waals surface area contributed by atoms with Crippen molar-refractivity contribution in [3.8, 4) is 34.4 Å². The molecule has 0 N–H and O–H groups in total. The zero-order valence-corrected chi connectivity index (χ0v) is 16.4. The minimum atomic E-state index is -0.440. The van der Waals surface area contributed by atoms with Gasteiger partial charge in [0.2, 0.25) is 0 Å². The fraction of sp³-hybridized carbons (Fsp3) is 0.0769. The van der Waals surface area contributed by atoms with E-state index in [9.17, 15) is 19.3 Å². The van der Waals surface area contributed by atoms with Gasteiger partial charge in [0.1, 0.15) is 11.6 Å². The molecule has 0 atom stereocenters. The van der Waals surface area contributed by atoms with Gasteiger partial charge in [0.05, 0.1) is 25.3 Å². The summed E-state index contributed by atoms with van der Waals surface area (Å²) in [7, 11) is 0. The quantitative estimate of drug-likeness (QED) is 0.355. The minimum absolute atomic E-state index is 0.106. The van der Waals surface area contributed by atoms with Crippen molar-refractivity contribution in [3.05, 3.63) is 104 Å². The Morgan fingerprint density at radius 1 is 0.719 bits per heavy atom. The first-order valence-electron chi connectivity index (χ1n) is 9.62. The lowest BCUT2D eigenvalue weighted by Crippen LogP contribution is -2.25. The SMILES string of the molecule is [C-]#[N+]/C(C#N)=c1/c2c(/c(=C(\C#N)[N+]#[C-])c3c1-c1cccc(F)c1C3)-c1cccc(F)c1C2. The highest BCUT2D eigenvalue weighted by Crippen LogP contribution is 2.41. The molecule has 2 aliphatic rings. The number of halogens is 2. The molecule has 0 bridgehead atoms. The molecule has 0 spiro atoms. The molecule has 32 heavy (non-hydrogen) atoms. The third-order valence-electron chi connectivity index (χ3n) is 6.10. The number of nitrogens with zero attached hydrogens (tertiary/aromatic N) is 4. The molecule has 0 saturated heterocycles. The van der Waals surface area contributed by atoms with Gasteiger partial charge in [0.25, 0.3) is 11.4 Å². The van der Waals surface area contributed by atoms with E-state index < -0.39 is 11.6 Å². The van der Waals surface area contributed by atoms with Crippen molar-refractivity contribution in [1.82, 2.24) is 0 Å². The lowest BCUT2D eigenvalue weighted by molar-refractivity contribution is 0.616. The third kappa shape index (κ3) is 2.36. The van der Waals surface area contributed by atoms with Crippen LogP contribution in [0.3, 0.4) is 0 Å². The maximum Gasteiger partial charge on any atom is 0.269 e. The predicted octanol–water partition coefficient (Wildman–Crippen LogP) is 4.21. The first kappa shape index (κ1) is 19.2. The Bertz CT molecular complexity index is 1530. The summed E-state index contributed by atoms with van der Waals surface area (Å²) in [5.74, 6) is -0.880. The van der Waals surface area contributed by atoms with E-state index in [1.54, 1.807) is 24.3 Å². The number of fused-ring (bicyclic) bond motifs is 6. The smallest absolute Gasteiger partial charge is 0.226 e. The van der Waals surface area contributed by atoms with E-state index >= 15 is 0 Å². The van der Waals surface area contributed by atoms with Crippen molar-refractivity contribution >= 4 is 11.4 Å². The van der Waals surface area contributed by atoms with Crippen LogP contribution in [0.4, 0.5) is 8.78 Å². The Balaban J connectivity index is 2.15. The molecule has 148 valence electrons. The molecule has 0 aromatic heterocycles. The topological polar surface area (TPSA) is 56.3 Å². The standard InChI is InChI=1S/C26H10F2N4/c1-31-21(11-29)25-17-9-15-14(6-4-8-19(15)27)24(17)26(22(12-30)32-2)18-10-16-13(23(18)25)5-3-7-20(16)28/h3-8H,9-10H2/b25-21-,26-22+. The summed E-state index contributed by atoms with van der Waals surface area (Å²) < 4.78 is 29.4. The molecule has 4 nitrogen and oxygen atoms in total. The van der Waals surface area contributed by atoms with Crippen LogP contribution < -0.4 is 10.4 Å². The Kier molecular flexibility index (Phi) is 4.13. The number of rotatable bonds is 0. The predicted molar refractivity (Wildman–Crippen MR) is 113 cm³/mol. The van der Waals surface area contributed by atoms with Crippen LogP contribution in [0.15, 0.2) is 36.4 Å². The number of hydrogen-bond donors (Lipinski definition) is 0. The molecule has 0 aliphatic heterocycles. The van der Waals surface area contributed by atoms with Gasteiger partial charge in [-0.05, 0) is 56.6 Å². The van der Waals surface area contributed by atoms with Crippen LogP contribution in [0.25, 0.3) is 43.3 Å². The second-order valence-corrected chi connectivity index (χ2v) is 7.49. The van der Waals surface area contributed by atoms with Crippen molar-refractivity contribution in [3.63, 3.8) is 0 Å². The van der Waals surface area contributed by atoms with Crippen LogP contribution in [-0.4, -0.2) is 0 Å². The first-order valence-corrected chi connectivity index (χ1v) is 9.62. The Labute approximate surface area is 181 Å². The van der Waals surface area contributed by atoms with Gasteiger partial charge in [0, 0.05) is 23.3 Å². The average Bonchev–Trinajstić information content (AvgIpc) is 3.37. The molecule has 0 amide bonds. The van der Waals surface area contributed by atoms with E-state index in [4.69, 9.17) is 13.1 Å². The van der Waals surface area contributed by atoms with Gasteiger partial charge in [-0.3, -0.25) is 0 Å². The van der Waals surface area contributed by atoms with Crippen LogP contribution in [0.2, 0.25) is 0 Å². The van der Waals surface area contributed by atoms with Gasteiger partial charge in [-0.15, -0.1) is 0 Å². The zero-order valence-electron chi connectivity index (χ0n) is 16.4. The second kappa shape index (κ2) is 6.88. The van der Waals surface area contributed by atoms with Gasteiger partial charge < -0.3 is 0 Å². The van der Waals surface area contributed by atoms with Gasteiger partial charge >= 0.3 is 0 Å². The van der Waals surface area contributed by atoms with Crippen molar-refractivity contribution in [2.45, 2.75) is 12.8 Å². The molecule has 0 unspecified atom stereocenters. The van der Waals surface area contributed by atoms with E-state index in [0.29, 0.717) is 54.9 Å². The van der Waals surface area contributed by atoms with Gasteiger partial charge in [-0.25, -0.2) is 29.0 Å². The van der Waals surface area contributed by atoms with E-state index in [0.717, 1.165) is 0 Å². The molecule has 0 fully saturated rings. The first-order chi connectivity index (χ1) is 15.5. The Hall–Kier alpha value is -4.78. The number of nitriles is 2. The van der Waals surface area contributed by atoms with Crippen molar-refractivity contribution < 1.29 is 8.78 Å². The number of hydrogen-bond acceptors (Lipinski definition) is 2. The van der Waals surface area contributed by atoms with Gasteiger partial charge in [0.15, 0.2) is 0 Å². The van der Waals surface area contributed by atoms with Crippen LogP contribution in [0.5, 0.6) is 0 Å². The van der Waals surface area contributed by atoms with E-state index in [-0.39, 0.29) is 24.2 Å². The van der Waals surface area contributed by atoms with Crippen LogP contribution in [-0.2, 0) is 12.8 Å². The fourth-order valence-electron chi connectivity index (χ4n) is 4.90. The molecule has 2 aliphatic carbocycles. The van der Waals surface area contributed by atoms with Crippen LogP contribution in [0, 0.1) is 47.4 Å². The summed E-state index contributed by atoms with van der Waals surface area (Å²) in [5.41, 5.74) is 3.43. The lowest BCUT2D eigenvalue weighted by Gasteiger charge is -2.13. The van der Waals surface area contributed by atoms with Gasteiger partial charge in [-0.2, -0.15) is 0 Å². The molecule has 6 heteroatoms. The largest absolute Gasteiger partial charge is 0.269 e. The van der Waals surface area contributed by atoms with E-state index in [2.05, 4.69) is 9.69 Å². The van der Waals surface area contributed by atoms with Gasteiger partial charge in [-0.1, -0.05) is 24.3 Å². The fourth-order valence-corrected chi connectivity index (χ4v) is 4.90. The molecule has 0 heterocycles. The van der Waals surface area contributed by atoms with Crippen LogP contribution >= 0.6 is 0 Å². The maximum absolute atomic E-state index is 14.7. The molecular weight excluding hydrogens is 406 g/mol. The molecule has 3 aromatic rings. The summed E-state index contributed by atoms with van der Waals surface area (Å²) >= 11 is 0. The normalized spacial score (nSPS) is 13.9. The minimum Gasteiger partial charge on any atom is -0.226 e. The summed E-state index contributed by atoms with van der Waals surface area (Å²) in [4.78, 5) is 6.83. The molecule has 3 aromatic carbocycles. The highest BCUT2D eigenvalue weighted by molar-refractivity contribution is 5.92. The molecular formula is C26H10F2N4. The lowest BCUT2D eigenvalue weighted by atomic mass is 9.90.